The SMILES string of the molecule is CN=CC(=C(N)Cc1ccccc1)c1cccc2c1N[C@H](C)CC(=O)N2. The number of carbonyl (C=O) groups excluding carboxylic acids is 1. The van der Waals surface area contributed by atoms with Gasteiger partial charge < -0.3 is 16.4 Å². The number of allylic oxidation sites excluding steroid dienone is 2. The van der Waals surface area contributed by atoms with Gasteiger partial charge in [-0.05, 0) is 18.6 Å². The van der Waals surface area contributed by atoms with Gasteiger partial charge in [-0.15, -0.1) is 0 Å². The number of nitrogens with two attached hydrogens (primary N) is 1. The molecule has 1 aliphatic heterocycles. The van der Waals surface area contributed by atoms with Crippen LogP contribution in [-0.2, 0) is 11.2 Å². The van der Waals surface area contributed by atoms with Gasteiger partial charge in [0.05, 0.1) is 11.4 Å². The van der Waals surface area contributed by atoms with Crippen LogP contribution in [0.2, 0.25) is 0 Å². The molecule has 0 radical (unpaired) electrons. The molecule has 0 fully saturated rings. The van der Waals surface area contributed by atoms with Crippen molar-refractivity contribution in [1.29, 1.82) is 0 Å². The van der Waals surface area contributed by atoms with E-state index in [0.29, 0.717) is 12.8 Å². The second-order valence-electron chi connectivity index (χ2n) is 6.51. The zero-order valence-corrected chi connectivity index (χ0v) is 15.1. The molecule has 3 rings (SSSR count). The van der Waals surface area contributed by atoms with Crippen LogP contribution in [0.1, 0.15) is 24.5 Å². The first-order valence-electron chi connectivity index (χ1n) is 8.73. The Morgan fingerprint density at radius 1 is 1.23 bits per heavy atom. The Kier molecular flexibility index (Phi) is 5.37. The number of hydrogen-bond acceptors (Lipinski definition) is 4. The highest BCUT2D eigenvalue weighted by molar-refractivity contribution is 6.14. The lowest BCUT2D eigenvalue weighted by molar-refractivity contribution is -0.116. The summed E-state index contributed by atoms with van der Waals surface area (Å²) in [5.74, 6) is 0.00726. The quantitative estimate of drug-likeness (QED) is 0.741. The van der Waals surface area contributed by atoms with E-state index in [1.54, 1.807) is 13.3 Å². The van der Waals surface area contributed by atoms with Crippen LogP contribution in [0.5, 0.6) is 0 Å². The third-order valence-corrected chi connectivity index (χ3v) is 4.35. The number of nitrogens with zero attached hydrogens (tertiary/aromatic N) is 1. The molecule has 1 amide bonds. The predicted molar refractivity (Wildman–Crippen MR) is 108 cm³/mol. The number of fused-ring (bicyclic) bond motifs is 1. The van der Waals surface area contributed by atoms with Crippen LogP contribution in [0.4, 0.5) is 11.4 Å². The number of hydrogen-bond donors (Lipinski definition) is 3. The molecule has 2 aromatic rings. The molecule has 134 valence electrons. The molecule has 1 aliphatic rings. The van der Waals surface area contributed by atoms with Gasteiger partial charge in [0, 0.05) is 49.0 Å². The summed E-state index contributed by atoms with van der Waals surface area (Å²) >= 11 is 0. The molecule has 0 saturated carbocycles. The van der Waals surface area contributed by atoms with E-state index in [-0.39, 0.29) is 11.9 Å². The van der Waals surface area contributed by atoms with E-state index < -0.39 is 0 Å². The van der Waals surface area contributed by atoms with E-state index in [9.17, 15) is 4.79 Å². The Hall–Kier alpha value is -3.08. The minimum atomic E-state index is 0.00726. The van der Waals surface area contributed by atoms with Gasteiger partial charge in [0.1, 0.15) is 0 Å². The van der Waals surface area contributed by atoms with Gasteiger partial charge >= 0.3 is 0 Å². The standard InChI is InChI=1S/C21H24N4O/c1-14-11-20(26)25-19-10-6-9-16(21(19)24-14)17(13-23-2)18(22)12-15-7-4-3-5-8-15/h3-10,13-14,24H,11-12,22H2,1-2H3,(H,25,26)/t14-/m1/s1. The lowest BCUT2D eigenvalue weighted by Crippen LogP contribution is -2.19. The molecule has 1 heterocycles. The zero-order valence-electron chi connectivity index (χ0n) is 15.1. The van der Waals surface area contributed by atoms with Crippen molar-refractivity contribution in [2.75, 3.05) is 17.7 Å². The monoisotopic (exact) mass is 348 g/mol. The van der Waals surface area contributed by atoms with Crippen LogP contribution >= 0.6 is 0 Å². The molecule has 26 heavy (non-hydrogen) atoms. The van der Waals surface area contributed by atoms with Crippen LogP contribution in [0, 0.1) is 0 Å². The normalized spacial score (nSPS) is 17.8. The highest BCUT2D eigenvalue weighted by Crippen LogP contribution is 2.34. The van der Waals surface area contributed by atoms with Crippen LogP contribution in [0.15, 0.2) is 59.2 Å². The fraction of sp³-hybridized carbons (Fsp3) is 0.238. The van der Waals surface area contributed by atoms with Gasteiger partial charge in [0.15, 0.2) is 0 Å². The van der Waals surface area contributed by atoms with E-state index in [1.807, 2.05) is 43.3 Å². The van der Waals surface area contributed by atoms with Gasteiger partial charge in [-0.25, -0.2) is 0 Å². The molecule has 0 bridgehead atoms. The van der Waals surface area contributed by atoms with Gasteiger partial charge in [0.25, 0.3) is 0 Å². The Morgan fingerprint density at radius 2 is 2.00 bits per heavy atom. The van der Waals surface area contributed by atoms with Crippen molar-refractivity contribution in [3.05, 3.63) is 65.4 Å². The van der Waals surface area contributed by atoms with Crippen LogP contribution in [0.3, 0.4) is 0 Å². The van der Waals surface area contributed by atoms with Gasteiger partial charge in [-0.2, -0.15) is 0 Å². The van der Waals surface area contributed by atoms with E-state index in [2.05, 4.69) is 27.8 Å². The van der Waals surface area contributed by atoms with Gasteiger partial charge in [-0.3, -0.25) is 9.79 Å². The highest BCUT2D eigenvalue weighted by atomic mass is 16.1. The third-order valence-electron chi connectivity index (χ3n) is 4.35. The van der Waals surface area contributed by atoms with E-state index >= 15 is 0 Å². The summed E-state index contributed by atoms with van der Waals surface area (Å²) in [5.41, 5.74) is 11.8. The van der Waals surface area contributed by atoms with Crippen molar-refractivity contribution in [3.8, 4) is 0 Å². The Bertz CT molecular complexity index is 856. The maximum Gasteiger partial charge on any atom is 0.226 e. The summed E-state index contributed by atoms with van der Waals surface area (Å²) in [5, 5.41) is 6.41. The summed E-state index contributed by atoms with van der Waals surface area (Å²) in [7, 11) is 1.73. The van der Waals surface area contributed by atoms with E-state index in [0.717, 1.165) is 33.8 Å². The van der Waals surface area contributed by atoms with Crippen LogP contribution in [0.25, 0.3) is 5.57 Å². The fourth-order valence-corrected chi connectivity index (χ4v) is 3.18. The van der Waals surface area contributed by atoms with Crippen molar-refractivity contribution < 1.29 is 4.79 Å². The number of aliphatic imine (C=N–C) groups is 1. The Labute approximate surface area is 154 Å². The lowest BCUT2D eigenvalue weighted by Gasteiger charge is -2.18. The molecule has 1 atom stereocenters. The first-order chi connectivity index (χ1) is 12.6. The topological polar surface area (TPSA) is 79.5 Å². The molecule has 5 nitrogen and oxygen atoms in total. The number of nitrogens with one attached hydrogen (secondary N) is 2. The molecule has 0 unspecified atom stereocenters. The van der Waals surface area contributed by atoms with E-state index in [1.165, 1.54) is 0 Å². The van der Waals surface area contributed by atoms with Crippen LogP contribution in [-0.4, -0.2) is 25.2 Å². The molecule has 2 aromatic carbocycles. The molecular weight excluding hydrogens is 324 g/mol. The molecule has 4 N–H and O–H groups in total. The summed E-state index contributed by atoms with van der Waals surface area (Å²) in [6.45, 7) is 2.00. The molecular formula is C21H24N4O. The minimum absolute atomic E-state index is 0.00726. The van der Waals surface area contributed by atoms with Gasteiger partial charge in [-0.1, -0.05) is 42.5 Å². The maximum absolute atomic E-state index is 12.0. The molecule has 0 spiro atoms. The molecule has 0 aliphatic carbocycles. The molecule has 0 aromatic heterocycles. The number of benzene rings is 2. The minimum Gasteiger partial charge on any atom is -0.401 e. The average molecular weight is 348 g/mol. The second kappa shape index (κ2) is 7.87. The number of anilines is 2. The summed E-state index contributed by atoms with van der Waals surface area (Å²) < 4.78 is 0. The summed E-state index contributed by atoms with van der Waals surface area (Å²) in [6.07, 6.45) is 2.84. The summed E-state index contributed by atoms with van der Waals surface area (Å²) in [6, 6.07) is 16.0. The largest absolute Gasteiger partial charge is 0.401 e. The number of para-hydroxylation sites is 1. The second-order valence-corrected chi connectivity index (χ2v) is 6.51. The van der Waals surface area contributed by atoms with Crippen LogP contribution < -0.4 is 16.4 Å². The molecule has 0 saturated heterocycles. The van der Waals surface area contributed by atoms with Crippen molar-refractivity contribution in [2.24, 2.45) is 10.7 Å². The average Bonchev–Trinajstić information content (AvgIpc) is 2.76. The Morgan fingerprint density at radius 3 is 2.73 bits per heavy atom. The lowest BCUT2D eigenvalue weighted by atomic mass is 9.98. The smallest absolute Gasteiger partial charge is 0.226 e. The predicted octanol–water partition coefficient (Wildman–Crippen LogP) is 3.44. The maximum atomic E-state index is 12.0. The highest BCUT2D eigenvalue weighted by Gasteiger charge is 2.21. The number of carbonyl (C=O) groups is 1. The van der Waals surface area contributed by atoms with Crippen molar-refractivity contribution in [3.63, 3.8) is 0 Å². The fourth-order valence-electron chi connectivity index (χ4n) is 3.18. The Balaban J connectivity index is 2.08. The third kappa shape index (κ3) is 3.94. The van der Waals surface area contributed by atoms with E-state index in [4.69, 9.17) is 5.73 Å². The number of amides is 1. The zero-order chi connectivity index (χ0) is 18.5. The van der Waals surface area contributed by atoms with Crippen molar-refractivity contribution >= 4 is 29.1 Å². The van der Waals surface area contributed by atoms with Crippen molar-refractivity contribution in [2.45, 2.75) is 25.8 Å². The first kappa shape index (κ1) is 17.7. The molecule has 5 heteroatoms. The van der Waals surface area contributed by atoms with Crippen molar-refractivity contribution in [1.82, 2.24) is 0 Å². The van der Waals surface area contributed by atoms with Gasteiger partial charge in [0.2, 0.25) is 5.91 Å². The summed E-state index contributed by atoms with van der Waals surface area (Å²) in [4.78, 5) is 16.2. The first-order valence-corrected chi connectivity index (χ1v) is 8.73. The number of rotatable bonds is 4.